The fourth-order valence-electron chi connectivity index (χ4n) is 0.280. The Hall–Kier alpha value is -0.0700. The summed E-state index contributed by atoms with van der Waals surface area (Å²) in [6.07, 6.45) is 3.17. The van der Waals surface area contributed by atoms with Crippen LogP contribution in [0.1, 0.15) is 0 Å². The molecule has 2 rings (SSSR count). The van der Waals surface area contributed by atoms with Gasteiger partial charge in [-0.15, -0.1) is 0 Å². The van der Waals surface area contributed by atoms with Gasteiger partial charge in [-0.1, -0.05) is 21.6 Å². The zero-order valence-corrected chi connectivity index (χ0v) is 7.38. The lowest BCUT2D eigenvalue weighted by Crippen LogP contribution is -1.61. The van der Waals surface area contributed by atoms with Gasteiger partial charge >= 0.3 is 0 Å². The van der Waals surface area contributed by atoms with Crippen molar-refractivity contribution < 1.29 is 0 Å². The molecule has 0 aliphatic carbocycles. The Morgan fingerprint density at radius 3 is 1.80 bits per heavy atom. The monoisotopic (exact) mass is 191 g/mol. The number of hydrogen-bond acceptors (Lipinski definition) is 5. The van der Waals surface area contributed by atoms with Crippen molar-refractivity contribution in [1.82, 2.24) is 15.4 Å². The highest BCUT2D eigenvalue weighted by atomic mass is 33.5. The highest BCUT2D eigenvalue weighted by Gasteiger charge is 1.87. The minimum atomic E-state index is 1.58. The molecule has 0 saturated carbocycles. The average molecular weight is 191 g/mol. The lowest BCUT2D eigenvalue weighted by Gasteiger charge is -1.68. The predicted molar refractivity (Wildman–Crippen MR) is 48.3 cm³/mol. The number of rotatable bonds is 0. The molecule has 3 nitrogen and oxygen atoms in total. The first-order valence-corrected chi connectivity index (χ1v) is 6.04. The average Bonchev–Trinajstić information content (AvgIpc) is 2.67. The molecule has 0 atom stereocenters. The molecule has 1 aliphatic rings. The molecular formula is C4H5N3S3. The summed E-state index contributed by atoms with van der Waals surface area (Å²) in [5.74, 6) is 0. The van der Waals surface area contributed by atoms with Crippen LogP contribution in [0, 0.1) is 0 Å². The SMILES string of the molecule is C1=CSSS1.c1cn[nH]n1. The van der Waals surface area contributed by atoms with Crippen molar-refractivity contribution in [3.05, 3.63) is 23.2 Å². The third-order valence-electron chi connectivity index (χ3n) is 0.576. The highest BCUT2D eigenvalue weighted by Crippen LogP contribution is 2.42. The topological polar surface area (TPSA) is 41.6 Å². The van der Waals surface area contributed by atoms with Crippen molar-refractivity contribution in [2.24, 2.45) is 0 Å². The molecule has 1 aliphatic heterocycles. The van der Waals surface area contributed by atoms with E-state index in [4.69, 9.17) is 0 Å². The maximum atomic E-state index is 3.49. The molecule has 1 aromatic rings. The minimum absolute atomic E-state index is 1.58. The molecule has 10 heavy (non-hydrogen) atoms. The Labute approximate surface area is 70.2 Å². The van der Waals surface area contributed by atoms with Gasteiger partial charge in [-0.05, 0) is 20.6 Å². The zero-order valence-electron chi connectivity index (χ0n) is 4.93. The minimum Gasteiger partial charge on any atom is -0.198 e. The van der Waals surface area contributed by atoms with Crippen molar-refractivity contribution in [2.45, 2.75) is 0 Å². The number of nitrogens with one attached hydrogen (secondary N) is 1. The number of H-pyrrole nitrogens is 1. The van der Waals surface area contributed by atoms with Crippen molar-refractivity contribution >= 4 is 31.4 Å². The molecule has 6 heteroatoms. The van der Waals surface area contributed by atoms with E-state index in [1.165, 1.54) is 0 Å². The van der Waals surface area contributed by atoms with E-state index in [1.807, 2.05) is 0 Å². The van der Waals surface area contributed by atoms with Crippen molar-refractivity contribution in [3.8, 4) is 0 Å². The maximum Gasteiger partial charge on any atom is 0.0690 e. The third kappa shape index (κ3) is 3.86. The summed E-state index contributed by atoms with van der Waals surface area (Å²) in [7, 11) is 5.34. The molecule has 0 unspecified atom stereocenters. The molecule has 2 heterocycles. The van der Waals surface area contributed by atoms with E-state index in [1.54, 1.807) is 43.8 Å². The van der Waals surface area contributed by atoms with Crippen molar-refractivity contribution in [1.29, 1.82) is 0 Å². The summed E-state index contributed by atoms with van der Waals surface area (Å²) in [6, 6.07) is 0. The number of hydrogen-bond donors (Lipinski definition) is 1. The Bertz CT molecular complexity index is 151. The molecule has 0 fully saturated rings. The Kier molecular flexibility index (Phi) is 4.57. The van der Waals surface area contributed by atoms with E-state index in [0.29, 0.717) is 0 Å². The highest BCUT2D eigenvalue weighted by molar-refractivity contribution is 9.11. The molecule has 0 aromatic carbocycles. The summed E-state index contributed by atoms with van der Waals surface area (Å²) < 4.78 is 0. The van der Waals surface area contributed by atoms with Crippen LogP contribution < -0.4 is 0 Å². The number of aromatic amines is 1. The van der Waals surface area contributed by atoms with Gasteiger partial charge in [0.15, 0.2) is 0 Å². The second kappa shape index (κ2) is 5.70. The summed E-state index contributed by atoms with van der Waals surface area (Å²) in [5.41, 5.74) is 0. The summed E-state index contributed by atoms with van der Waals surface area (Å²) in [5, 5.41) is 13.5. The van der Waals surface area contributed by atoms with E-state index in [0.717, 1.165) is 0 Å². The van der Waals surface area contributed by atoms with E-state index < -0.39 is 0 Å². The van der Waals surface area contributed by atoms with Gasteiger partial charge in [-0.2, -0.15) is 15.4 Å². The molecule has 0 saturated heterocycles. The van der Waals surface area contributed by atoms with Crippen molar-refractivity contribution in [2.75, 3.05) is 0 Å². The van der Waals surface area contributed by atoms with Crippen LogP contribution in [0.5, 0.6) is 0 Å². The van der Waals surface area contributed by atoms with E-state index in [-0.39, 0.29) is 0 Å². The summed E-state index contributed by atoms with van der Waals surface area (Å²) in [4.78, 5) is 0. The van der Waals surface area contributed by atoms with Crippen LogP contribution >= 0.6 is 31.4 Å². The van der Waals surface area contributed by atoms with Crippen molar-refractivity contribution in [3.63, 3.8) is 0 Å². The van der Waals surface area contributed by atoms with E-state index >= 15 is 0 Å². The van der Waals surface area contributed by atoms with Gasteiger partial charge in [-0.3, -0.25) is 0 Å². The fourth-order valence-corrected chi connectivity index (χ4v) is 3.23. The Morgan fingerprint density at radius 1 is 1.00 bits per heavy atom. The first-order valence-electron chi connectivity index (χ1n) is 2.44. The molecule has 0 spiro atoms. The van der Waals surface area contributed by atoms with Crippen LogP contribution in [-0.2, 0) is 0 Å². The molecule has 0 bridgehead atoms. The first-order chi connectivity index (χ1) is 5.00. The smallest absolute Gasteiger partial charge is 0.0690 e. The Balaban J connectivity index is 0.0000001000. The quantitative estimate of drug-likeness (QED) is 0.637. The van der Waals surface area contributed by atoms with Crippen LogP contribution in [0.15, 0.2) is 23.2 Å². The van der Waals surface area contributed by atoms with Gasteiger partial charge in [0.05, 0.1) is 12.4 Å². The van der Waals surface area contributed by atoms with Gasteiger partial charge in [-0.25, -0.2) is 0 Å². The lowest BCUT2D eigenvalue weighted by molar-refractivity contribution is 0.940. The number of aromatic nitrogens is 3. The standard InChI is InChI=1S/C2H3N3.C2H2S3/c2*1-2-4-5-3-1/h1-2H,(H,3,4,5);1-2H. The zero-order chi connectivity index (χ0) is 7.07. The predicted octanol–water partition coefficient (Wildman–Crippen LogP) is 2.31. The lowest BCUT2D eigenvalue weighted by atomic mass is 11.0. The summed E-state index contributed by atoms with van der Waals surface area (Å²) in [6.45, 7) is 0. The van der Waals surface area contributed by atoms with E-state index in [2.05, 4.69) is 26.2 Å². The molecule has 0 amide bonds. The normalized spacial score (nSPS) is 14.4. The van der Waals surface area contributed by atoms with Gasteiger partial charge in [0.25, 0.3) is 0 Å². The fraction of sp³-hybridized carbons (Fsp3) is 0. The van der Waals surface area contributed by atoms with Crippen LogP contribution in [-0.4, -0.2) is 15.4 Å². The molecule has 1 N–H and O–H groups in total. The van der Waals surface area contributed by atoms with Gasteiger partial charge in [0, 0.05) is 0 Å². The molecule has 1 aromatic heterocycles. The molecule has 54 valence electrons. The van der Waals surface area contributed by atoms with Crippen LogP contribution in [0.25, 0.3) is 0 Å². The second-order valence-corrected chi connectivity index (χ2v) is 5.04. The van der Waals surface area contributed by atoms with Crippen LogP contribution in [0.4, 0.5) is 0 Å². The van der Waals surface area contributed by atoms with Gasteiger partial charge in [0.1, 0.15) is 0 Å². The second-order valence-electron chi connectivity index (χ2n) is 1.19. The molecule has 0 radical (unpaired) electrons. The van der Waals surface area contributed by atoms with E-state index in [9.17, 15) is 0 Å². The third-order valence-corrected chi connectivity index (χ3v) is 3.95. The number of nitrogens with zero attached hydrogens (tertiary/aromatic N) is 2. The van der Waals surface area contributed by atoms with Gasteiger partial charge in [0.2, 0.25) is 0 Å². The van der Waals surface area contributed by atoms with Crippen LogP contribution in [0.3, 0.4) is 0 Å². The van der Waals surface area contributed by atoms with Gasteiger partial charge < -0.3 is 0 Å². The first kappa shape index (κ1) is 8.03. The largest absolute Gasteiger partial charge is 0.198 e. The maximum absolute atomic E-state index is 3.49. The molecular weight excluding hydrogens is 186 g/mol. The summed E-state index contributed by atoms with van der Waals surface area (Å²) >= 11 is 0. The van der Waals surface area contributed by atoms with Crippen LogP contribution in [0.2, 0.25) is 0 Å². The Morgan fingerprint density at radius 2 is 1.60 bits per heavy atom.